The molecule has 0 N–H and O–H groups in total. The first-order valence-corrected chi connectivity index (χ1v) is 13.3. The summed E-state index contributed by atoms with van der Waals surface area (Å²) < 4.78 is 42.2. The Morgan fingerprint density at radius 1 is 0.861 bits per heavy atom. The van der Waals surface area contributed by atoms with E-state index in [0.717, 1.165) is 27.8 Å². The lowest BCUT2D eigenvalue weighted by atomic mass is 9.80. The van der Waals surface area contributed by atoms with Crippen molar-refractivity contribution < 1.29 is 17.7 Å². The van der Waals surface area contributed by atoms with Gasteiger partial charge in [0.05, 0.1) is 27.3 Å². The van der Waals surface area contributed by atoms with Gasteiger partial charge in [-0.25, -0.2) is 17.4 Å². The highest BCUT2D eigenvalue weighted by Crippen LogP contribution is 2.36. The number of nitrogens with zero attached hydrogens (tertiary/aromatic N) is 3. The number of hydrogen-bond donors (Lipinski definition) is 0. The smallest absolute Gasteiger partial charge is 0.399 e. The molecule has 1 fully saturated rings. The molecular weight excluding hydrogens is 473 g/mol. The van der Waals surface area contributed by atoms with E-state index in [1.165, 1.54) is 3.97 Å². The Labute approximate surface area is 210 Å². The van der Waals surface area contributed by atoms with Crippen LogP contribution in [0.1, 0.15) is 27.7 Å². The van der Waals surface area contributed by atoms with E-state index in [0.29, 0.717) is 5.52 Å². The van der Waals surface area contributed by atoms with E-state index in [4.69, 9.17) is 14.3 Å². The summed E-state index contributed by atoms with van der Waals surface area (Å²) in [6.07, 6.45) is 5.50. The van der Waals surface area contributed by atoms with E-state index in [2.05, 4.69) is 0 Å². The molecule has 0 radical (unpaired) electrons. The molecular formula is C27H26BN3O4S. The number of rotatable bonds is 4. The molecule has 1 aliphatic rings. The third-order valence-electron chi connectivity index (χ3n) is 7.25. The summed E-state index contributed by atoms with van der Waals surface area (Å²) >= 11 is 0. The second kappa shape index (κ2) is 7.80. The van der Waals surface area contributed by atoms with E-state index < -0.39 is 28.3 Å². The van der Waals surface area contributed by atoms with Crippen LogP contribution in [0, 0.1) is 0 Å². The third-order valence-corrected chi connectivity index (χ3v) is 8.96. The van der Waals surface area contributed by atoms with Crippen molar-refractivity contribution in [3.8, 4) is 11.3 Å². The maximum Gasteiger partial charge on any atom is 0.496 e. The van der Waals surface area contributed by atoms with Crippen molar-refractivity contribution in [3.05, 3.63) is 85.3 Å². The average Bonchev–Trinajstić information content (AvgIpc) is 3.52. The van der Waals surface area contributed by atoms with Crippen molar-refractivity contribution in [3.63, 3.8) is 0 Å². The fourth-order valence-corrected chi connectivity index (χ4v) is 5.81. The Morgan fingerprint density at radius 2 is 1.58 bits per heavy atom. The highest BCUT2D eigenvalue weighted by Gasteiger charge is 2.51. The van der Waals surface area contributed by atoms with Gasteiger partial charge in [0.15, 0.2) is 0 Å². The van der Waals surface area contributed by atoms with Crippen LogP contribution >= 0.6 is 0 Å². The van der Waals surface area contributed by atoms with Gasteiger partial charge in [0.25, 0.3) is 10.0 Å². The van der Waals surface area contributed by atoms with Crippen molar-refractivity contribution >= 4 is 39.2 Å². The Hall–Kier alpha value is -3.40. The van der Waals surface area contributed by atoms with Crippen LogP contribution in [0.15, 0.2) is 90.2 Å². The van der Waals surface area contributed by atoms with E-state index >= 15 is 0 Å². The lowest BCUT2D eigenvalue weighted by Gasteiger charge is -2.32. The van der Waals surface area contributed by atoms with Gasteiger partial charge in [0.2, 0.25) is 0 Å². The lowest BCUT2D eigenvalue weighted by Crippen LogP contribution is -2.41. The molecule has 3 aromatic heterocycles. The zero-order chi connectivity index (χ0) is 25.3. The maximum absolute atomic E-state index is 13.3. The predicted molar refractivity (Wildman–Crippen MR) is 141 cm³/mol. The van der Waals surface area contributed by atoms with Crippen molar-refractivity contribution in [1.82, 2.24) is 13.4 Å². The van der Waals surface area contributed by atoms with Gasteiger partial charge < -0.3 is 13.7 Å². The first-order valence-electron chi connectivity index (χ1n) is 11.8. The van der Waals surface area contributed by atoms with E-state index in [1.807, 2.05) is 74.8 Å². The zero-order valence-corrected chi connectivity index (χ0v) is 21.4. The zero-order valence-electron chi connectivity index (χ0n) is 20.5. The Bertz CT molecular complexity index is 1710. The number of benzene rings is 2. The molecule has 2 aromatic carbocycles. The summed E-state index contributed by atoms with van der Waals surface area (Å²) in [6, 6.07) is 19.9. The highest BCUT2D eigenvalue weighted by atomic mass is 32.2. The molecule has 0 saturated carbocycles. The second-order valence-corrected chi connectivity index (χ2v) is 12.0. The maximum atomic E-state index is 13.3. The van der Waals surface area contributed by atoms with Crippen LogP contribution in [-0.2, 0) is 19.3 Å². The normalized spacial score (nSPS) is 17.3. The Kier molecular flexibility index (Phi) is 4.99. The van der Waals surface area contributed by atoms with Crippen molar-refractivity contribution in [2.24, 2.45) is 0 Å². The minimum Gasteiger partial charge on any atom is -0.399 e. The van der Waals surface area contributed by atoms with Crippen molar-refractivity contribution in [2.45, 2.75) is 43.8 Å². The molecule has 1 aliphatic heterocycles. The summed E-state index contributed by atoms with van der Waals surface area (Å²) in [7, 11) is -4.18. The number of aromatic nitrogens is 3. The Balaban J connectivity index is 1.38. The van der Waals surface area contributed by atoms with Gasteiger partial charge in [-0.15, -0.1) is 0 Å². The molecule has 0 bridgehead atoms. The van der Waals surface area contributed by atoms with E-state index in [9.17, 15) is 8.42 Å². The molecule has 0 atom stereocenters. The highest BCUT2D eigenvalue weighted by molar-refractivity contribution is 7.90. The van der Waals surface area contributed by atoms with Gasteiger partial charge in [0, 0.05) is 29.5 Å². The molecule has 0 amide bonds. The third kappa shape index (κ3) is 3.58. The minimum absolute atomic E-state index is 0.246. The first-order chi connectivity index (χ1) is 17.0. The minimum atomic E-state index is -3.72. The fourth-order valence-electron chi connectivity index (χ4n) is 4.45. The van der Waals surface area contributed by atoms with Gasteiger partial charge in [-0.1, -0.05) is 36.4 Å². The fraction of sp³-hybridized carbons (Fsp3) is 0.222. The SMILES string of the molecule is CC1(C)OB(c2ccc3nc(-c4ccc5ccn(S(=O)(=O)c6ccccc6)c5c4)cn3c2)OC1(C)C. The van der Waals surface area contributed by atoms with Crippen LogP contribution in [0.2, 0.25) is 0 Å². The van der Waals surface area contributed by atoms with E-state index in [-0.39, 0.29) is 4.90 Å². The molecule has 0 spiro atoms. The molecule has 4 heterocycles. The molecule has 36 heavy (non-hydrogen) atoms. The van der Waals surface area contributed by atoms with Crippen molar-refractivity contribution in [1.29, 1.82) is 0 Å². The molecule has 0 aliphatic carbocycles. The van der Waals surface area contributed by atoms with Crippen LogP contribution in [0.5, 0.6) is 0 Å². The second-order valence-electron chi connectivity index (χ2n) is 10.1. The summed E-state index contributed by atoms with van der Waals surface area (Å²) in [5.74, 6) is 0. The van der Waals surface area contributed by atoms with Crippen LogP contribution in [0.3, 0.4) is 0 Å². The number of imidazole rings is 1. The van der Waals surface area contributed by atoms with Crippen LogP contribution in [0.4, 0.5) is 0 Å². The van der Waals surface area contributed by atoms with Crippen LogP contribution < -0.4 is 5.46 Å². The number of hydrogen-bond acceptors (Lipinski definition) is 5. The summed E-state index contributed by atoms with van der Waals surface area (Å²) in [5.41, 5.74) is 3.01. The number of fused-ring (bicyclic) bond motifs is 2. The van der Waals surface area contributed by atoms with Gasteiger partial charge in [-0.3, -0.25) is 0 Å². The van der Waals surface area contributed by atoms with Gasteiger partial charge in [-0.05, 0) is 63.5 Å². The largest absolute Gasteiger partial charge is 0.496 e. The monoisotopic (exact) mass is 499 g/mol. The molecule has 5 aromatic rings. The van der Waals surface area contributed by atoms with Crippen LogP contribution in [0.25, 0.3) is 27.8 Å². The van der Waals surface area contributed by atoms with Gasteiger partial charge >= 0.3 is 7.12 Å². The molecule has 6 rings (SSSR count). The summed E-state index contributed by atoms with van der Waals surface area (Å²) in [6.45, 7) is 8.13. The van der Waals surface area contributed by atoms with Gasteiger partial charge in [0.1, 0.15) is 5.65 Å². The predicted octanol–water partition coefficient (Wildman–Crippen LogP) is 4.49. The molecule has 7 nitrogen and oxygen atoms in total. The average molecular weight is 499 g/mol. The molecule has 0 unspecified atom stereocenters. The standard InChI is InChI=1S/C27H26BN3O4S/c1-26(2)27(3,4)35-28(34-26)21-12-13-25-29-23(18-30(25)17-21)20-11-10-19-14-15-31(24(19)16-20)36(32,33)22-8-6-5-7-9-22/h5-18H,1-4H3. The summed E-state index contributed by atoms with van der Waals surface area (Å²) in [5, 5.41) is 0.838. The lowest BCUT2D eigenvalue weighted by molar-refractivity contribution is 0.00578. The first kappa shape index (κ1) is 23.0. The van der Waals surface area contributed by atoms with Gasteiger partial charge in [-0.2, -0.15) is 0 Å². The van der Waals surface area contributed by atoms with E-state index in [1.54, 1.807) is 42.6 Å². The van der Waals surface area contributed by atoms with Crippen LogP contribution in [-0.4, -0.2) is 40.1 Å². The Morgan fingerprint density at radius 3 is 2.31 bits per heavy atom. The molecule has 182 valence electrons. The topological polar surface area (TPSA) is 74.8 Å². The molecule has 9 heteroatoms. The quantitative estimate of drug-likeness (QED) is 0.341. The summed E-state index contributed by atoms with van der Waals surface area (Å²) in [4.78, 5) is 5.02. The van der Waals surface area contributed by atoms with Crippen molar-refractivity contribution in [2.75, 3.05) is 0 Å². The molecule has 1 saturated heterocycles. The number of pyridine rings is 1.